The summed E-state index contributed by atoms with van der Waals surface area (Å²) in [5.41, 5.74) is 3.93. The predicted molar refractivity (Wildman–Crippen MR) is 77.7 cm³/mol. The van der Waals surface area contributed by atoms with Gasteiger partial charge in [0.1, 0.15) is 0 Å². The highest BCUT2D eigenvalue weighted by atomic mass is 32.2. The molecular formula is C15H16N2OS. The molecule has 4 heteroatoms. The number of Topliss-reactive ketones (excluding diaryl/α,β-unsaturated/α-hetero) is 1. The first-order valence-electron chi connectivity index (χ1n) is 6.08. The van der Waals surface area contributed by atoms with Crippen LogP contribution in [0.2, 0.25) is 0 Å². The van der Waals surface area contributed by atoms with Crippen molar-refractivity contribution < 1.29 is 4.79 Å². The maximum Gasteiger partial charge on any atom is 0.187 e. The molecule has 2 aromatic rings. The van der Waals surface area contributed by atoms with Gasteiger partial charge in [-0.25, -0.2) is 9.97 Å². The average molecular weight is 272 g/mol. The van der Waals surface area contributed by atoms with Crippen molar-refractivity contribution >= 4 is 17.5 Å². The minimum atomic E-state index is 0.121. The summed E-state index contributed by atoms with van der Waals surface area (Å²) in [6.07, 6.45) is 3.52. The van der Waals surface area contributed by atoms with E-state index in [2.05, 4.69) is 9.97 Å². The number of thioether (sulfide) groups is 1. The second-order valence-corrected chi connectivity index (χ2v) is 5.52. The molecule has 98 valence electrons. The molecule has 0 atom stereocenters. The van der Waals surface area contributed by atoms with Gasteiger partial charge in [0.05, 0.1) is 5.75 Å². The van der Waals surface area contributed by atoms with Gasteiger partial charge in [-0.1, -0.05) is 29.5 Å². The maximum absolute atomic E-state index is 12.2. The normalized spacial score (nSPS) is 10.5. The van der Waals surface area contributed by atoms with E-state index in [0.29, 0.717) is 10.9 Å². The van der Waals surface area contributed by atoms with Crippen LogP contribution in [0.25, 0.3) is 0 Å². The van der Waals surface area contributed by atoms with E-state index in [1.54, 1.807) is 12.4 Å². The molecule has 0 unspecified atom stereocenters. The zero-order valence-electron chi connectivity index (χ0n) is 11.3. The van der Waals surface area contributed by atoms with Crippen LogP contribution in [-0.2, 0) is 0 Å². The Labute approximate surface area is 117 Å². The molecule has 19 heavy (non-hydrogen) atoms. The summed E-state index contributed by atoms with van der Waals surface area (Å²) >= 11 is 1.37. The minimum Gasteiger partial charge on any atom is -0.293 e. The van der Waals surface area contributed by atoms with Crippen LogP contribution in [0.4, 0.5) is 0 Å². The van der Waals surface area contributed by atoms with Crippen molar-refractivity contribution in [2.75, 3.05) is 5.75 Å². The third-order valence-corrected chi connectivity index (χ3v) is 3.66. The van der Waals surface area contributed by atoms with Crippen molar-refractivity contribution in [2.24, 2.45) is 0 Å². The van der Waals surface area contributed by atoms with Crippen molar-refractivity contribution in [1.29, 1.82) is 0 Å². The summed E-state index contributed by atoms with van der Waals surface area (Å²) in [5, 5.41) is 0.643. The monoisotopic (exact) mass is 272 g/mol. The Hall–Kier alpha value is -1.68. The lowest BCUT2D eigenvalue weighted by Gasteiger charge is -2.05. The average Bonchev–Trinajstić information content (AvgIpc) is 2.40. The summed E-state index contributed by atoms with van der Waals surface area (Å²) in [7, 11) is 0. The molecule has 0 N–H and O–H groups in total. The fraction of sp³-hybridized carbons (Fsp3) is 0.267. The van der Waals surface area contributed by atoms with Crippen LogP contribution >= 0.6 is 11.8 Å². The number of hydrogen-bond acceptors (Lipinski definition) is 4. The van der Waals surface area contributed by atoms with E-state index < -0.39 is 0 Å². The molecule has 0 spiro atoms. The molecule has 0 saturated carbocycles. The molecule has 0 radical (unpaired) electrons. The lowest BCUT2D eigenvalue weighted by Crippen LogP contribution is -2.05. The Bertz CT molecular complexity index is 594. The van der Waals surface area contributed by atoms with Crippen molar-refractivity contribution in [3.05, 3.63) is 52.8 Å². The molecule has 1 heterocycles. The van der Waals surface area contributed by atoms with Crippen molar-refractivity contribution in [3.8, 4) is 0 Å². The summed E-state index contributed by atoms with van der Waals surface area (Å²) in [6, 6.07) is 5.94. The first kappa shape index (κ1) is 13.7. The van der Waals surface area contributed by atoms with Crippen LogP contribution in [0.1, 0.15) is 27.0 Å². The van der Waals surface area contributed by atoms with E-state index in [0.717, 1.165) is 22.3 Å². The molecule has 2 rings (SSSR count). The van der Waals surface area contributed by atoms with Gasteiger partial charge in [-0.15, -0.1) is 0 Å². The SMILES string of the molecule is Cc1cnc(SCC(=O)c2cc(C)ccc2C)nc1. The predicted octanol–water partition coefficient (Wildman–Crippen LogP) is 3.38. The molecule has 0 saturated heterocycles. The summed E-state index contributed by atoms with van der Waals surface area (Å²) in [5.74, 6) is 0.489. The van der Waals surface area contributed by atoms with E-state index in [9.17, 15) is 4.79 Å². The second-order valence-electron chi connectivity index (χ2n) is 4.57. The molecule has 1 aromatic carbocycles. The lowest BCUT2D eigenvalue weighted by molar-refractivity contribution is 0.102. The van der Waals surface area contributed by atoms with E-state index in [1.807, 2.05) is 39.0 Å². The van der Waals surface area contributed by atoms with Gasteiger partial charge in [-0.05, 0) is 38.0 Å². The molecule has 1 aromatic heterocycles. The molecule has 0 bridgehead atoms. The Morgan fingerprint density at radius 2 is 1.79 bits per heavy atom. The number of hydrogen-bond donors (Lipinski definition) is 0. The highest BCUT2D eigenvalue weighted by molar-refractivity contribution is 7.99. The number of aromatic nitrogens is 2. The van der Waals surface area contributed by atoms with Gasteiger partial charge < -0.3 is 0 Å². The molecule has 0 aliphatic rings. The summed E-state index contributed by atoms with van der Waals surface area (Å²) in [6.45, 7) is 5.89. The fourth-order valence-corrected chi connectivity index (χ4v) is 2.37. The third kappa shape index (κ3) is 3.64. The summed E-state index contributed by atoms with van der Waals surface area (Å²) in [4.78, 5) is 20.5. The molecule has 0 amide bonds. The lowest BCUT2D eigenvalue weighted by atomic mass is 10.0. The van der Waals surface area contributed by atoms with E-state index in [1.165, 1.54) is 11.8 Å². The zero-order valence-corrected chi connectivity index (χ0v) is 12.1. The highest BCUT2D eigenvalue weighted by Gasteiger charge is 2.10. The Morgan fingerprint density at radius 1 is 1.11 bits per heavy atom. The number of benzene rings is 1. The topological polar surface area (TPSA) is 42.9 Å². The van der Waals surface area contributed by atoms with Crippen LogP contribution in [0, 0.1) is 20.8 Å². The van der Waals surface area contributed by atoms with Gasteiger partial charge in [0.2, 0.25) is 0 Å². The third-order valence-electron chi connectivity index (χ3n) is 2.78. The Kier molecular flexibility index (Phi) is 4.32. The zero-order chi connectivity index (χ0) is 13.8. The largest absolute Gasteiger partial charge is 0.293 e. The number of nitrogens with zero attached hydrogens (tertiary/aromatic N) is 2. The van der Waals surface area contributed by atoms with Gasteiger partial charge in [0, 0.05) is 18.0 Å². The van der Waals surface area contributed by atoms with Gasteiger partial charge in [-0.3, -0.25) is 4.79 Å². The van der Waals surface area contributed by atoms with Crippen LogP contribution in [0.3, 0.4) is 0 Å². The molecule has 0 aliphatic carbocycles. The van der Waals surface area contributed by atoms with Crippen molar-refractivity contribution in [2.45, 2.75) is 25.9 Å². The van der Waals surface area contributed by atoms with Gasteiger partial charge in [0.25, 0.3) is 0 Å². The van der Waals surface area contributed by atoms with Crippen LogP contribution in [-0.4, -0.2) is 21.5 Å². The second kappa shape index (κ2) is 5.97. The number of ketones is 1. The van der Waals surface area contributed by atoms with E-state index in [4.69, 9.17) is 0 Å². The van der Waals surface area contributed by atoms with Crippen molar-refractivity contribution in [3.63, 3.8) is 0 Å². The number of rotatable bonds is 4. The Balaban J connectivity index is 2.05. The highest BCUT2D eigenvalue weighted by Crippen LogP contribution is 2.17. The molecular weight excluding hydrogens is 256 g/mol. The smallest absolute Gasteiger partial charge is 0.187 e. The first-order chi connectivity index (χ1) is 9.06. The number of aryl methyl sites for hydroxylation is 3. The van der Waals surface area contributed by atoms with E-state index >= 15 is 0 Å². The Morgan fingerprint density at radius 3 is 2.47 bits per heavy atom. The molecule has 3 nitrogen and oxygen atoms in total. The maximum atomic E-state index is 12.2. The first-order valence-corrected chi connectivity index (χ1v) is 7.07. The summed E-state index contributed by atoms with van der Waals surface area (Å²) < 4.78 is 0. The minimum absolute atomic E-state index is 0.121. The van der Waals surface area contributed by atoms with Gasteiger partial charge >= 0.3 is 0 Å². The molecule has 0 aliphatic heterocycles. The number of carbonyl (C=O) groups is 1. The quantitative estimate of drug-likeness (QED) is 0.486. The fourth-order valence-electron chi connectivity index (χ4n) is 1.70. The van der Waals surface area contributed by atoms with E-state index in [-0.39, 0.29) is 5.78 Å². The van der Waals surface area contributed by atoms with Gasteiger partial charge in [0.15, 0.2) is 10.9 Å². The van der Waals surface area contributed by atoms with Crippen molar-refractivity contribution in [1.82, 2.24) is 9.97 Å². The standard InChI is InChI=1S/C15H16N2OS/c1-10-4-5-12(3)13(6-10)14(18)9-19-15-16-7-11(2)8-17-15/h4-8H,9H2,1-3H3. The number of carbonyl (C=O) groups excluding carboxylic acids is 1. The molecule has 0 fully saturated rings. The van der Waals surface area contributed by atoms with Crippen LogP contribution in [0.5, 0.6) is 0 Å². The van der Waals surface area contributed by atoms with Crippen LogP contribution in [0.15, 0.2) is 35.7 Å². The van der Waals surface area contributed by atoms with Crippen LogP contribution < -0.4 is 0 Å². The van der Waals surface area contributed by atoms with Gasteiger partial charge in [-0.2, -0.15) is 0 Å².